The van der Waals surface area contributed by atoms with Crippen molar-refractivity contribution in [1.82, 2.24) is 15.1 Å². The van der Waals surface area contributed by atoms with Crippen LogP contribution in [0.5, 0.6) is 5.75 Å². The van der Waals surface area contributed by atoms with Gasteiger partial charge in [-0.05, 0) is 45.4 Å². The van der Waals surface area contributed by atoms with Gasteiger partial charge in [-0.1, -0.05) is 0 Å². The van der Waals surface area contributed by atoms with Crippen LogP contribution in [-0.4, -0.2) is 67.1 Å². The average Bonchev–Trinajstić information content (AvgIpc) is 2.79. The van der Waals surface area contributed by atoms with E-state index >= 15 is 0 Å². The molecule has 0 saturated carbocycles. The van der Waals surface area contributed by atoms with Crippen LogP contribution in [0.2, 0.25) is 0 Å². The third-order valence-electron chi connectivity index (χ3n) is 5.48. The Morgan fingerprint density at radius 3 is 2.74 bits per heavy atom. The molecule has 2 fully saturated rings. The summed E-state index contributed by atoms with van der Waals surface area (Å²) in [7, 11) is 1.97. The number of benzene rings is 1. The first-order valence-corrected chi connectivity index (χ1v) is 9.44. The Balaban J connectivity index is 1.62. The molecule has 0 radical (unpaired) electrons. The first-order valence-electron chi connectivity index (χ1n) is 9.44. The molecular formula is C19H27FN4O3. The average molecular weight is 378 g/mol. The molecule has 3 amide bonds. The Morgan fingerprint density at radius 1 is 1.33 bits per heavy atom. The lowest BCUT2D eigenvalue weighted by atomic mass is 9.85. The number of halogens is 1. The minimum Gasteiger partial charge on any atom is -0.494 e. The van der Waals surface area contributed by atoms with Gasteiger partial charge in [-0.3, -0.25) is 9.69 Å². The van der Waals surface area contributed by atoms with Gasteiger partial charge in [-0.15, -0.1) is 0 Å². The molecule has 0 bridgehead atoms. The lowest BCUT2D eigenvalue weighted by molar-refractivity contribution is -0.134. The van der Waals surface area contributed by atoms with Gasteiger partial charge >= 0.3 is 6.03 Å². The summed E-state index contributed by atoms with van der Waals surface area (Å²) in [4.78, 5) is 28.8. The molecule has 1 spiro atoms. The smallest absolute Gasteiger partial charge is 0.321 e. The Morgan fingerprint density at radius 2 is 2.07 bits per heavy atom. The van der Waals surface area contributed by atoms with Gasteiger partial charge in [0, 0.05) is 32.2 Å². The number of ether oxygens (including phenoxy) is 1. The van der Waals surface area contributed by atoms with Crippen molar-refractivity contribution in [2.75, 3.05) is 45.2 Å². The third-order valence-corrected chi connectivity index (χ3v) is 5.48. The largest absolute Gasteiger partial charge is 0.494 e. The quantitative estimate of drug-likeness (QED) is 0.844. The Bertz CT molecular complexity index is 704. The number of rotatable bonds is 3. The van der Waals surface area contributed by atoms with Crippen LogP contribution in [-0.2, 0) is 4.79 Å². The number of urea groups is 1. The van der Waals surface area contributed by atoms with E-state index in [9.17, 15) is 14.0 Å². The number of hydrogen-bond donors (Lipinski definition) is 2. The fraction of sp³-hybridized carbons (Fsp3) is 0.579. The van der Waals surface area contributed by atoms with Crippen LogP contribution in [0, 0.1) is 5.82 Å². The summed E-state index contributed by atoms with van der Waals surface area (Å²) >= 11 is 0. The SMILES string of the molecule is CCOc1ccc(NC(=O)N2CCC3(CC2)C(=O)NCCCN3C)c(F)c1. The highest BCUT2D eigenvalue weighted by molar-refractivity contribution is 5.91. The summed E-state index contributed by atoms with van der Waals surface area (Å²) in [6.07, 6.45) is 2.05. The molecule has 2 N–H and O–H groups in total. The van der Waals surface area contributed by atoms with Gasteiger partial charge in [-0.25, -0.2) is 9.18 Å². The number of hydrogen-bond acceptors (Lipinski definition) is 4. The molecule has 2 aliphatic rings. The molecule has 1 aromatic rings. The van der Waals surface area contributed by atoms with Gasteiger partial charge in [0.15, 0.2) is 0 Å². The number of carbonyl (C=O) groups excluding carboxylic acids is 2. The highest BCUT2D eigenvalue weighted by atomic mass is 19.1. The summed E-state index contributed by atoms with van der Waals surface area (Å²) < 4.78 is 19.4. The highest BCUT2D eigenvalue weighted by Crippen LogP contribution is 2.30. The van der Waals surface area contributed by atoms with E-state index in [0.29, 0.717) is 44.8 Å². The van der Waals surface area contributed by atoms with E-state index in [-0.39, 0.29) is 17.6 Å². The van der Waals surface area contributed by atoms with Gasteiger partial charge < -0.3 is 20.3 Å². The molecule has 8 heteroatoms. The second kappa shape index (κ2) is 8.12. The van der Waals surface area contributed by atoms with E-state index in [0.717, 1.165) is 13.0 Å². The number of piperidine rings is 1. The molecule has 0 aliphatic carbocycles. The van der Waals surface area contributed by atoms with E-state index in [1.54, 1.807) is 11.0 Å². The van der Waals surface area contributed by atoms with Crippen LogP contribution in [0.3, 0.4) is 0 Å². The van der Waals surface area contributed by atoms with E-state index < -0.39 is 11.4 Å². The van der Waals surface area contributed by atoms with Crippen LogP contribution < -0.4 is 15.4 Å². The molecule has 0 aromatic heterocycles. The van der Waals surface area contributed by atoms with Crippen molar-refractivity contribution in [1.29, 1.82) is 0 Å². The highest BCUT2D eigenvalue weighted by Gasteiger charge is 2.46. The molecule has 0 unspecified atom stereocenters. The van der Waals surface area contributed by atoms with Gasteiger partial charge in [-0.2, -0.15) is 0 Å². The molecule has 2 aliphatic heterocycles. The number of likely N-dealkylation sites (N-methyl/N-ethyl adjacent to an activating group) is 1. The first kappa shape index (κ1) is 19.4. The zero-order chi connectivity index (χ0) is 19.4. The predicted octanol–water partition coefficient (Wildman–Crippen LogP) is 2.04. The van der Waals surface area contributed by atoms with E-state index in [1.807, 2.05) is 14.0 Å². The van der Waals surface area contributed by atoms with Crippen molar-refractivity contribution < 1.29 is 18.7 Å². The van der Waals surface area contributed by atoms with Crippen LogP contribution >= 0.6 is 0 Å². The summed E-state index contributed by atoms with van der Waals surface area (Å²) in [5.41, 5.74) is -0.439. The summed E-state index contributed by atoms with van der Waals surface area (Å²) in [5.74, 6) is -0.0684. The topological polar surface area (TPSA) is 73.9 Å². The Labute approximate surface area is 158 Å². The second-order valence-corrected chi connectivity index (χ2v) is 7.05. The second-order valence-electron chi connectivity index (χ2n) is 7.05. The van der Waals surface area contributed by atoms with Crippen LogP contribution in [0.25, 0.3) is 0 Å². The van der Waals surface area contributed by atoms with Crippen LogP contribution in [0.15, 0.2) is 18.2 Å². The van der Waals surface area contributed by atoms with Crippen molar-refractivity contribution in [2.45, 2.75) is 31.7 Å². The molecule has 2 heterocycles. The monoisotopic (exact) mass is 378 g/mol. The number of likely N-dealkylation sites (tertiary alicyclic amines) is 1. The van der Waals surface area contributed by atoms with Crippen molar-refractivity contribution in [2.24, 2.45) is 0 Å². The number of amides is 3. The van der Waals surface area contributed by atoms with E-state index in [1.165, 1.54) is 12.1 Å². The van der Waals surface area contributed by atoms with Gasteiger partial charge in [0.25, 0.3) is 0 Å². The van der Waals surface area contributed by atoms with Crippen molar-refractivity contribution >= 4 is 17.6 Å². The number of anilines is 1. The van der Waals surface area contributed by atoms with Crippen LogP contribution in [0.1, 0.15) is 26.2 Å². The lowest BCUT2D eigenvalue weighted by Gasteiger charge is -2.44. The zero-order valence-electron chi connectivity index (χ0n) is 15.9. The molecule has 3 rings (SSSR count). The summed E-state index contributed by atoms with van der Waals surface area (Å²) in [6.45, 7) is 4.70. The maximum Gasteiger partial charge on any atom is 0.321 e. The molecule has 148 valence electrons. The van der Waals surface area contributed by atoms with Crippen LogP contribution in [0.4, 0.5) is 14.9 Å². The molecule has 0 atom stereocenters. The fourth-order valence-electron chi connectivity index (χ4n) is 3.81. The molecule has 7 nitrogen and oxygen atoms in total. The molecular weight excluding hydrogens is 351 g/mol. The van der Waals surface area contributed by atoms with Crippen molar-refractivity contribution in [3.63, 3.8) is 0 Å². The Kier molecular flexibility index (Phi) is 5.84. The van der Waals surface area contributed by atoms with Gasteiger partial charge in [0.1, 0.15) is 17.1 Å². The minimum absolute atomic E-state index is 0.0418. The number of nitrogens with one attached hydrogen (secondary N) is 2. The maximum absolute atomic E-state index is 14.2. The van der Waals surface area contributed by atoms with Crippen molar-refractivity contribution in [3.8, 4) is 5.75 Å². The molecule has 1 aromatic carbocycles. The summed E-state index contributed by atoms with van der Waals surface area (Å²) in [6, 6.07) is 4.02. The number of carbonyl (C=O) groups is 2. The first-order chi connectivity index (χ1) is 13.0. The minimum atomic E-state index is -0.558. The standard InChI is InChI=1S/C19H27FN4O3/c1-3-27-14-5-6-16(15(20)13-14)22-18(26)24-11-7-19(8-12-24)17(25)21-9-4-10-23(19)2/h5-6,13H,3-4,7-12H2,1-2H3,(H,21,25)(H,22,26). The Hall–Kier alpha value is -2.35. The summed E-state index contributed by atoms with van der Waals surface area (Å²) in [5, 5.41) is 5.60. The van der Waals surface area contributed by atoms with E-state index in [2.05, 4.69) is 15.5 Å². The van der Waals surface area contributed by atoms with Gasteiger partial charge in [0.2, 0.25) is 5.91 Å². The van der Waals surface area contributed by atoms with Crippen molar-refractivity contribution in [3.05, 3.63) is 24.0 Å². The van der Waals surface area contributed by atoms with Gasteiger partial charge in [0.05, 0.1) is 12.3 Å². The maximum atomic E-state index is 14.2. The normalized spacial score (nSPS) is 20.1. The lowest BCUT2D eigenvalue weighted by Crippen LogP contribution is -2.61. The molecule has 2 saturated heterocycles. The predicted molar refractivity (Wildman–Crippen MR) is 100 cm³/mol. The fourth-order valence-corrected chi connectivity index (χ4v) is 3.81. The molecule has 27 heavy (non-hydrogen) atoms. The zero-order valence-corrected chi connectivity index (χ0v) is 15.9. The third kappa shape index (κ3) is 4.00. The number of nitrogens with zero attached hydrogens (tertiary/aromatic N) is 2. The van der Waals surface area contributed by atoms with E-state index in [4.69, 9.17) is 4.74 Å².